The van der Waals surface area contributed by atoms with Gasteiger partial charge in [0.2, 0.25) is 5.95 Å². The number of hydrogen-bond acceptors (Lipinski definition) is 6. The number of nitrogens with zero attached hydrogens (tertiary/aromatic N) is 3. The standard InChI is InChI=1S/C19H18BrF3N4O3/c1-3-29-17(28)11-8-15(27(2)10-11)13-6-7-24-18(25-13)26-14-9-12(20)4-5-16(14)30-19(21,22)23/h4-10,14,16H,3H2,1-2H3,(H,24,25,26). The Bertz CT molecular complexity index is 988. The van der Waals surface area contributed by atoms with Crippen LogP contribution in [0, 0.1) is 0 Å². The van der Waals surface area contributed by atoms with Gasteiger partial charge in [-0.2, -0.15) is 0 Å². The Morgan fingerprint density at radius 1 is 1.40 bits per heavy atom. The molecule has 2 unspecified atom stereocenters. The van der Waals surface area contributed by atoms with Crippen molar-refractivity contribution in [3.05, 3.63) is 52.8 Å². The Morgan fingerprint density at radius 3 is 2.87 bits per heavy atom. The lowest BCUT2D eigenvalue weighted by atomic mass is 10.1. The predicted octanol–water partition coefficient (Wildman–Crippen LogP) is 4.19. The van der Waals surface area contributed by atoms with Crippen molar-refractivity contribution in [2.24, 2.45) is 7.05 Å². The second-order valence-electron chi connectivity index (χ2n) is 6.32. The Labute approximate surface area is 178 Å². The molecule has 2 atom stereocenters. The number of aryl methyl sites for hydroxylation is 1. The van der Waals surface area contributed by atoms with Gasteiger partial charge in [0.25, 0.3) is 0 Å². The summed E-state index contributed by atoms with van der Waals surface area (Å²) >= 11 is 3.25. The molecule has 0 saturated heterocycles. The average Bonchev–Trinajstić information content (AvgIpc) is 3.05. The van der Waals surface area contributed by atoms with Crippen LogP contribution in [0.15, 0.2) is 47.2 Å². The smallest absolute Gasteiger partial charge is 0.462 e. The maximum atomic E-state index is 12.7. The molecule has 0 aromatic carbocycles. The van der Waals surface area contributed by atoms with Crippen LogP contribution >= 0.6 is 15.9 Å². The zero-order valence-corrected chi connectivity index (χ0v) is 17.6. The predicted molar refractivity (Wildman–Crippen MR) is 107 cm³/mol. The number of allylic oxidation sites excluding steroid dienone is 2. The number of anilines is 1. The molecule has 160 valence electrons. The van der Waals surface area contributed by atoms with Gasteiger partial charge in [-0.15, -0.1) is 13.2 Å². The monoisotopic (exact) mass is 486 g/mol. The Balaban J connectivity index is 1.83. The summed E-state index contributed by atoms with van der Waals surface area (Å²) in [5, 5.41) is 2.86. The minimum Gasteiger partial charge on any atom is -0.462 e. The molecule has 1 N–H and O–H groups in total. The van der Waals surface area contributed by atoms with E-state index >= 15 is 0 Å². The maximum absolute atomic E-state index is 12.7. The lowest BCUT2D eigenvalue weighted by molar-refractivity contribution is -0.336. The summed E-state index contributed by atoms with van der Waals surface area (Å²) in [7, 11) is 1.74. The van der Waals surface area contributed by atoms with Crippen LogP contribution in [-0.4, -0.2) is 45.6 Å². The number of aromatic nitrogens is 3. The Morgan fingerprint density at radius 2 is 2.17 bits per heavy atom. The third-order valence-electron chi connectivity index (χ3n) is 4.14. The molecular weight excluding hydrogens is 469 g/mol. The zero-order valence-electron chi connectivity index (χ0n) is 16.0. The number of carbonyl (C=O) groups excluding carboxylic acids is 1. The van der Waals surface area contributed by atoms with Gasteiger partial charge < -0.3 is 14.6 Å². The molecule has 0 radical (unpaired) electrons. The molecule has 0 saturated carbocycles. The van der Waals surface area contributed by atoms with E-state index in [1.165, 1.54) is 24.4 Å². The molecule has 0 fully saturated rings. The third-order valence-corrected chi connectivity index (χ3v) is 4.67. The highest BCUT2D eigenvalue weighted by Crippen LogP contribution is 2.27. The summed E-state index contributed by atoms with van der Waals surface area (Å²) in [5.41, 5.74) is 1.46. The molecule has 3 rings (SSSR count). The largest absolute Gasteiger partial charge is 0.523 e. The Kier molecular flexibility index (Phi) is 6.61. The molecule has 2 aromatic heterocycles. The van der Waals surface area contributed by atoms with Crippen LogP contribution in [0.2, 0.25) is 0 Å². The van der Waals surface area contributed by atoms with Gasteiger partial charge >= 0.3 is 12.3 Å². The van der Waals surface area contributed by atoms with E-state index in [9.17, 15) is 18.0 Å². The number of hydrogen-bond donors (Lipinski definition) is 1. The van der Waals surface area contributed by atoms with Crippen molar-refractivity contribution >= 4 is 27.8 Å². The number of carbonyl (C=O) groups is 1. The van der Waals surface area contributed by atoms with Crippen molar-refractivity contribution in [1.29, 1.82) is 0 Å². The van der Waals surface area contributed by atoms with Crippen molar-refractivity contribution in [2.75, 3.05) is 11.9 Å². The van der Waals surface area contributed by atoms with E-state index in [1.807, 2.05) is 0 Å². The molecule has 30 heavy (non-hydrogen) atoms. The lowest BCUT2D eigenvalue weighted by Crippen LogP contribution is -2.38. The van der Waals surface area contributed by atoms with E-state index in [2.05, 4.69) is 36.0 Å². The molecule has 0 aliphatic heterocycles. The van der Waals surface area contributed by atoms with E-state index in [-0.39, 0.29) is 12.6 Å². The van der Waals surface area contributed by atoms with Gasteiger partial charge in [0.15, 0.2) is 0 Å². The lowest BCUT2D eigenvalue weighted by Gasteiger charge is -2.26. The maximum Gasteiger partial charge on any atom is 0.523 e. The summed E-state index contributed by atoms with van der Waals surface area (Å²) < 4.78 is 49.6. The van der Waals surface area contributed by atoms with E-state index in [4.69, 9.17) is 4.74 Å². The zero-order chi connectivity index (χ0) is 21.9. The molecule has 0 bridgehead atoms. The van der Waals surface area contributed by atoms with Crippen LogP contribution in [0.3, 0.4) is 0 Å². The first kappa shape index (κ1) is 22.0. The fourth-order valence-corrected chi connectivity index (χ4v) is 3.32. The van der Waals surface area contributed by atoms with Crippen molar-refractivity contribution in [2.45, 2.75) is 25.4 Å². The third kappa shape index (κ3) is 5.48. The molecule has 1 aliphatic rings. The quantitative estimate of drug-likeness (QED) is 0.616. The molecule has 2 aromatic rings. The molecule has 0 spiro atoms. The van der Waals surface area contributed by atoms with Crippen LogP contribution in [0.25, 0.3) is 11.4 Å². The van der Waals surface area contributed by atoms with Crippen molar-refractivity contribution in [1.82, 2.24) is 14.5 Å². The minimum absolute atomic E-state index is 0.110. The van der Waals surface area contributed by atoms with Gasteiger partial charge in [-0.3, -0.25) is 4.74 Å². The first-order valence-electron chi connectivity index (χ1n) is 8.90. The Hall–Kier alpha value is -2.66. The minimum atomic E-state index is -4.79. The van der Waals surface area contributed by atoms with E-state index < -0.39 is 24.5 Å². The number of ether oxygens (including phenoxy) is 2. The number of nitrogens with one attached hydrogen (secondary N) is 1. The normalized spacial score (nSPS) is 18.8. The van der Waals surface area contributed by atoms with E-state index in [0.29, 0.717) is 21.4 Å². The number of halogens is 4. The fourth-order valence-electron chi connectivity index (χ4n) is 2.88. The molecule has 1 aliphatic carbocycles. The molecule has 7 nitrogen and oxygen atoms in total. The van der Waals surface area contributed by atoms with Crippen molar-refractivity contribution < 1.29 is 27.4 Å². The summed E-state index contributed by atoms with van der Waals surface area (Å²) in [6, 6.07) is 2.40. The SMILES string of the molecule is CCOC(=O)c1cc(-c2ccnc(NC3C=C(Br)C=CC3OC(F)(F)F)n2)n(C)c1. The highest BCUT2D eigenvalue weighted by atomic mass is 79.9. The van der Waals surface area contributed by atoms with Crippen LogP contribution in [0.4, 0.5) is 19.1 Å². The van der Waals surface area contributed by atoms with E-state index in [1.54, 1.807) is 36.9 Å². The summed E-state index contributed by atoms with van der Waals surface area (Å²) in [5.74, 6) is -0.345. The summed E-state index contributed by atoms with van der Waals surface area (Å²) in [6.07, 6.45) is 1.31. The van der Waals surface area contributed by atoms with Crippen molar-refractivity contribution in [3.8, 4) is 11.4 Å². The highest BCUT2D eigenvalue weighted by molar-refractivity contribution is 9.11. The molecule has 2 heterocycles. The molecule has 11 heteroatoms. The van der Waals surface area contributed by atoms with Crippen molar-refractivity contribution in [3.63, 3.8) is 0 Å². The second kappa shape index (κ2) is 9.00. The van der Waals surface area contributed by atoms with Gasteiger partial charge in [0.1, 0.15) is 6.10 Å². The number of alkyl halides is 3. The highest BCUT2D eigenvalue weighted by Gasteiger charge is 2.36. The molecule has 0 amide bonds. The van der Waals surface area contributed by atoms with Gasteiger partial charge in [-0.1, -0.05) is 22.0 Å². The number of rotatable bonds is 6. The van der Waals surface area contributed by atoms with Crippen LogP contribution in [0.1, 0.15) is 17.3 Å². The van der Waals surface area contributed by atoms with E-state index in [0.717, 1.165) is 0 Å². The first-order valence-corrected chi connectivity index (χ1v) is 9.69. The summed E-state index contributed by atoms with van der Waals surface area (Å²) in [6.45, 7) is 1.97. The van der Waals surface area contributed by atoms with Crippen LogP contribution in [-0.2, 0) is 16.5 Å². The van der Waals surface area contributed by atoms with Crippen LogP contribution in [0.5, 0.6) is 0 Å². The second-order valence-corrected chi connectivity index (χ2v) is 7.24. The molecular formula is C19H18BrF3N4O3. The van der Waals surface area contributed by atoms with Crippen LogP contribution < -0.4 is 5.32 Å². The van der Waals surface area contributed by atoms with Gasteiger partial charge in [0, 0.05) is 23.9 Å². The number of esters is 1. The van der Waals surface area contributed by atoms with Gasteiger partial charge in [0.05, 0.1) is 29.6 Å². The topological polar surface area (TPSA) is 78.3 Å². The first-order chi connectivity index (χ1) is 14.2. The fraction of sp³-hybridized carbons (Fsp3) is 0.316. The van der Waals surface area contributed by atoms with Gasteiger partial charge in [-0.05, 0) is 31.2 Å². The summed E-state index contributed by atoms with van der Waals surface area (Å²) in [4.78, 5) is 20.4. The average molecular weight is 487 g/mol. The van der Waals surface area contributed by atoms with Gasteiger partial charge in [-0.25, -0.2) is 14.8 Å².